The molecule has 1 aromatic heterocycles. The fourth-order valence-electron chi connectivity index (χ4n) is 1.86. The second-order valence-electron chi connectivity index (χ2n) is 4.26. The van der Waals surface area contributed by atoms with E-state index >= 15 is 0 Å². The molecule has 0 aliphatic heterocycles. The summed E-state index contributed by atoms with van der Waals surface area (Å²) in [4.78, 5) is 3.30. The summed E-state index contributed by atoms with van der Waals surface area (Å²) in [7, 11) is 0. The van der Waals surface area contributed by atoms with Crippen molar-refractivity contribution in [3.63, 3.8) is 0 Å². The quantitative estimate of drug-likeness (QED) is 0.766. The molecule has 0 saturated heterocycles. The highest BCUT2D eigenvalue weighted by Gasteiger charge is 2.09. The first-order valence-corrected chi connectivity index (χ1v) is 6.19. The lowest BCUT2D eigenvalue weighted by Crippen LogP contribution is -2.26. The number of aliphatic hydroxyl groups excluding tert-OH is 1. The summed E-state index contributed by atoms with van der Waals surface area (Å²) >= 11 is 6.30. The Morgan fingerprint density at radius 3 is 2.88 bits per heavy atom. The van der Waals surface area contributed by atoms with Gasteiger partial charge < -0.3 is 15.4 Å². The molecule has 1 unspecified atom stereocenters. The summed E-state index contributed by atoms with van der Waals surface area (Å²) in [6.07, 6.45) is 0.748. The highest BCUT2D eigenvalue weighted by atomic mass is 35.5. The van der Waals surface area contributed by atoms with E-state index in [9.17, 15) is 0 Å². The molecule has 0 aliphatic rings. The third-order valence-corrected chi connectivity index (χ3v) is 3.34. The molecule has 17 heavy (non-hydrogen) atoms. The van der Waals surface area contributed by atoms with Gasteiger partial charge in [-0.1, -0.05) is 29.8 Å². The van der Waals surface area contributed by atoms with Crippen LogP contribution in [0.1, 0.15) is 19.0 Å². The Morgan fingerprint density at radius 1 is 1.41 bits per heavy atom. The van der Waals surface area contributed by atoms with Gasteiger partial charge in [-0.15, -0.1) is 0 Å². The van der Waals surface area contributed by atoms with E-state index in [1.165, 1.54) is 0 Å². The van der Waals surface area contributed by atoms with E-state index in [0.29, 0.717) is 6.54 Å². The Balaban J connectivity index is 2.11. The highest BCUT2D eigenvalue weighted by molar-refractivity contribution is 6.36. The van der Waals surface area contributed by atoms with Gasteiger partial charge in [0, 0.05) is 35.8 Å². The maximum atomic E-state index is 8.83. The Labute approximate surface area is 106 Å². The van der Waals surface area contributed by atoms with E-state index in [1.807, 2.05) is 31.2 Å². The lowest BCUT2D eigenvalue weighted by atomic mass is 10.2. The van der Waals surface area contributed by atoms with Crippen LogP contribution in [0.4, 0.5) is 0 Å². The lowest BCUT2D eigenvalue weighted by Gasteiger charge is -2.11. The second-order valence-corrected chi connectivity index (χ2v) is 4.64. The van der Waals surface area contributed by atoms with E-state index in [-0.39, 0.29) is 12.6 Å². The number of aromatic amines is 1. The number of hydrogen-bond donors (Lipinski definition) is 3. The zero-order chi connectivity index (χ0) is 12.3. The molecule has 1 heterocycles. The summed E-state index contributed by atoms with van der Waals surface area (Å²) in [6, 6.07) is 8.27. The molecule has 0 aliphatic carbocycles. The molecule has 1 atom stereocenters. The van der Waals surface area contributed by atoms with Gasteiger partial charge in [0.1, 0.15) is 0 Å². The average molecular weight is 253 g/mol. The molecule has 2 aromatic rings. The van der Waals surface area contributed by atoms with Gasteiger partial charge >= 0.3 is 0 Å². The van der Waals surface area contributed by atoms with Crippen LogP contribution in [0.15, 0.2) is 24.3 Å². The molecular weight excluding hydrogens is 236 g/mol. The Morgan fingerprint density at radius 2 is 2.18 bits per heavy atom. The lowest BCUT2D eigenvalue weighted by molar-refractivity contribution is 0.268. The van der Waals surface area contributed by atoms with Crippen molar-refractivity contribution in [1.82, 2.24) is 10.3 Å². The van der Waals surface area contributed by atoms with Crippen LogP contribution in [0.3, 0.4) is 0 Å². The summed E-state index contributed by atoms with van der Waals surface area (Å²) in [5.41, 5.74) is 2.06. The van der Waals surface area contributed by atoms with Gasteiger partial charge in [-0.25, -0.2) is 0 Å². The van der Waals surface area contributed by atoms with Crippen LogP contribution in [0, 0.1) is 0 Å². The summed E-state index contributed by atoms with van der Waals surface area (Å²) in [6.45, 7) is 2.94. The van der Waals surface area contributed by atoms with Gasteiger partial charge in [-0.2, -0.15) is 0 Å². The van der Waals surface area contributed by atoms with Crippen molar-refractivity contribution in [3.05, 3.63) is 35.0 Å². The molecule has 0 spiro atoms. The Hall–Kier alpha value is -1.03. The largest absolute Gasteiger partial charge is 0.396 e. The maximum absolute atomic E-state index is 8.83. The minimum Gasteiger partial charge on any atom is -0.396 e. The minimum atomic E-state index is 0.203. The minimum absolute atomic E-state index is 0.203. The first-order chi connectivity index (χ1) is 8.22. The number of halogens is 1. The predicted molar refractivity (Wildman–Crippen MR) is 71.3 cm³/mol. The van der Waals surface area contributed by atoms with Crippen molar-refractivity contribution < 1.29 is 5.11 Å². The van der Waals surface area contributed by atoms with Crippen molar-refractivity contribution in [1.29, 1.82) is 0 Å². The SMILES string of the molecule is CC(CCO)NCc1[nH]c2ccccc2c1Cl. The molecule has 3 N–H and O–H groups in total. The number of nitrogens with one attached hydrogen (secondary N) is 2. The monoisotopic (exact) mass is 252 g/mol. The number of fused-ring (bicyclic) bond motifs is 1. The maximum Gasteiger partial charge on any atom is 0.0705 e. The molecule has 0 amide bonds. The third kappa shape index (κ3) is 2.80. The van der Waals surface area contributed by atoms with Gasteiger partial charge in [0.05, 0.1) is 5.02 Å². The number of para-hydroxylation sites is 1. The topological polar surface area (TPSA) is 48.0 Å². The molecule has 0 fully saturated rings. The van der Waals surface area contributed by atoms with E-state index in [4.69, 9.17) is 16.7 Å². The molecule has 2 rings (SSSR count). The normalized spacial score (nSPS) is 13.1. The third-order valence-electron chi connectivity index (χ3n) is 2.90. The van der Waals surface area contributed by atoms with Crippen LogP contribution in [0.2, 0.25) is 5.02 Å². The molecule has 92 valence electrons. The van der Waals surface area contributed by atoms with Crippen molar-refractivity contribution in [2.24, 2.45) is 0 Å². The van der Waals surface area contributed by atoms with Crippen LogP contribution in [-0.4, -0.2) is 22.7 Å². The van der Waals surface area contributed by atoms with E-state index in [1.54, 1.807) is 0 Å². The van der Waals surface area contributed by atoms with Gasteiger partial charge in [-0.3, -0.25) is 0 Å². The standard InChI is InChI=1S/C13H17ClN2O/c1-9(6-7-17)15-8-12-13(14)10-4-2-3-5-11(10)16-12/h2-5,9,15-17H,6-8H2,1H3. The smallest absolute Gasteiger partial charge is 0.0705 e. The van der Waals surface area contributed by atoms with Crippen molar-refractivity contribution in [2.45, 2.75) is 25.9 Å². The number of aromatic nitrogens is 1. The second kappa shape index (κ2) is 5.54. The molecule has 1 aromatic carbocycles. The fraction of sp³-hybridized carbons (Fsp3) is 0.385. The van der Waals surface area contributed by atoms with E-state index < -0.39 is 0 Å². The molecule has 3 nitrogen and oxygen atoms in total. The number of hydrogen-bond acceptors (Lipinski definition) is 2. The average Bonchev–Trinajstić information content (AvgIpc) is 2.65. The molecule has 0 saturated carbocycles. The fourth-order valence-corrected chi connectivity index (χ4v) is 2.14. The van der Waals surface area contributed by atoms with Gasteiger partial charge in [0.2, 0.25) is 0 Å². The van der Waals surface area contributed by atoms with E-state index in [2.05, 4.69) is 10.3 Å². The summed E-state index contributed by atoms with van der Waals surface area (Å²) in [5, 5.41) is 14.0. The zero-order valence-corrected chi connectivity index (χ0v) is 10.6. The molecule has 0 radical (unpaired) electrons. The molecule has 4 heteroatoms. The van der Waals surface area contributed by atoms with Crippen LogP contribution >= 0.6 is 11.6 Å². The Kier molecular flexibility index (Phi) is 4.05. The van der Waals surface area contributed by atoms with Crippen molar-refractivity contribution >= 4 is 22.5 Å². The van der Waals surface area contributed by atoms with Gasteiger partial charge in [0.25, 0.3) is 0 Å². The zero-order valence-electron chi connectivity index (χ0n) is 9.83. The Bertz CT molecular complexity index is 495. The van der Waals surface area contributed by atoms with E-state index in [0.717, 1.165) is 28.0 Å². The van der Waals surface area contributed by atoms with Crippen LogP contribution < -0.4 is 5.32 Å². The summed E-state index contributed by atoms with van der Waals surface area (Å²) in [5.74, 6) is 0. The van der Waals surface area contributed by atoms with Gasteiger partial charge in [-0.05, 0) is 19.4 Å². The first-order valence-electron chi connectivity index (χ1n) is 5.81. The van der Waals surface area contributed by atoms with Crippen LogP contribution in [-0.2, 0) is 6.54 Å². The molecular formula is C13H17ClN2O. The van der Waals surface area contributed by atoms with Crippen LogP contribution in [0.25, 0.3) is 10.9 Å². The number of rotatable bonds is 5. The molecule has 0 bridgehead atoms. The number of H-pyrrole nitrogens is 1. The van der Waals surface area contributed by atoms with Crippen LogP contribution in [0.5, 0.6) is 0 Å². The number of benzene rings is 1. The van der Waals surface area contributed by atoms with Crippen molar-refractivity contribution in [2.75, 3.05) is 6.61 Å². The first kappa shape index (κ1) is 12.4. The predicted octanol–water partition coefficient (Wildman–Crippen LogP) is 2.68. The van der Waals surface area contributed by atoms with Crippen molar-refractivity contribution in [3.8, 4) is 0 Å². The summed E-state index contributed by atoms with van der Waals surface area (Å²) < 4.78 is 0. The van der Waals surface area contributed by atoms with Gasteiger partial charge in [0.15, 0.2) is 0 Å². The number of aliphatic hydroxyl groups is 1. The highest BCUT2D eigenvalue weighted by Crippen LogP contribution is 2.26.